The zero-order valence-corrected chi connectivity index (χ0v) is 9.90. The van der Waals surface area contributed by atoms with Crippen LogP contribution in [0.25, 0.3) is 0 Å². The van der Waals surface area contributed by atoms with Crippen molar-refractivity contribution in [1.29, 1.82) is 0 Å². The molecular formula is C14H18O2. The number of Topliss-reactive ketones (excluding diaryl/α,β-unsaturated/α-hetero) is 2. The topological polar surface area (TPSA) is 34.1 Å². The summed E-state index contributed by atoms with van der Waals surface area (Å²) in [6.07, 6.45) is 1.77. The van der Waals surface area contributed by atoms with Crippen LogP contribution in [0.5, 0.6) is 0 Å². The van der Waals surface area contributed by atoms with Crippen molar-refractivity contribution in [1.82, 2.24) is 0 Å². The lowest BCUT2D eigenvalue weighted by Crippen LogP contribution is -2.21. The lowest BCUT2D eigenvalue weighted by Gasteiger charge is -2.12. The second kappa shape index (κ2) is 6.21. The number of hydrogen-bond donors (Lipinski definition) is 0. The summed E-state index contributed by atoms with van der Waals surface area (Å²) >= 11 is 0. The minimum Gasteiger partial charge on any atom is -0.291 e. The van der Waals surface area contributed by atoms with Gasteiger partial charge in [-0.2, -0.15) is 0 Å². The quantitative estimate of drug-likeness (QED) is 0.687. The van der Waals surface area contributed by atoms with E-state index >= 15 is 0 Å². The van der Waals surface area contributed by atoms with E-state index in [1.165, 1.54) is 0 Å². The van der Waals surface area contributed by atoms with E-state index in [-0.39, 0.29) is 17.5 Å². The lowest BCUT2D eigenvalue weighted by molar-refractivity contribution is -0.137. The van der Waals surface area contributed by atoms with Gasteiger partial charge in [-0.05, 0) is 18.4 Å². The second-order valence-corrected chi connectivity index (χ2v) is 3.91. The molecule has 0 heterocycles. The van der Waals surface area contributed by atoms with Gasteiger partial charge in [0.15, 0.2) is 5.78 Å². The van der Waals surface area contributed by atoms with Gasteiger partial charge >= 0.3 is 0 Å². The first kappa shape index (κ1) is 12.6. The molecule has 1 aromatic rings. The van der Waals surface area contributed by atoms with Crippen molar-refractivity contribution < 1.29 is 9.59 Å². The molecule has 1 atom stereocenters. The van der Waals surface area contributed by atoms with E-state index in [0.29, 0.717) is 12.8 Å². The summed E-state index contributed by atoms with van der Waals surface area (Å²) in [6.45, 7) is 3.85. The second-order valence-electron chi connectivity index (χ2n) is 3.91. The molecule has 2 heteroatoms. The minimum atomic E-state index is -0.264. The minimum absolute atomic E-state index is 0.238. The Morgan fingerprint density at radius 2 is 1.75 bits per heavy atom. The van der Waals surface area contributed by atoms with Gasteiger partial charge < -0.3 is 0 Å². The van der Waals surface area contributed by atoms with Crippen LogP contribution in [0, 0.1) is 0 Å². The molecule has 0 saturated carbocycles. The summed E-state index contributed by atoms with van der Waals surface area (Å²) in [4.78, 5) is 23.5. The smallest absolute Gasteiger partial charge is 0.205 e. The van der Waals surface area contributed by atoms with Gasteiger partial charge in [0, 0.05) is 6.42 Å². The van der Waals surface area contributed by atoms with Crippen molar-refractivity contribution in [2.45, 2.75) is 39.0 Å². The SMILES string of the molecule is CCCC(=O)C(=O)C(CC)c1ccccc1. The lowest BCUT2D eigenvalue weighted by atomic mass is 9.89. The monoisotopic (exact) mass is 218 g/mol. The highest BCUT2D eigenvalue weighted by Crippen LogP contribution is 2.21. The molecule has 0 aromatic heterocycles. The summed E-state index contributed by atoms with van der Waals surface area (Å²) in [5.74, 6) is -0.742. The Hall–Kier alpha value is -1.44. The zero-order chi connectivity index (χ0) is 12.0. The molecule has 1 unspecified atom stereocenters. The molecule has 0 aliphatic heterocycles. The molecule has 2 nitrogen and oxygen atoms in total. The van der Waals surface area contributed by atoms with E-state index in [1.54, 1.807) is 0 Å². The molecule has 16 heavy (non-hydrogen) atoms. The highest BCUT2D eigenvalue weighted by molar-refractivity contribution is 6.39. The summed E-state index contributed by atoms with van der Waals surface area (Å²) in [7, 11) is 0. The average Bonchev–Trinajstić information content (AvgIpc) is 2.31. The van der Waals surface area contributed by atoms with Crippen molar-refractivity contribution in [2.75, 3.05) is 0 Å². The average molecular weight is 218 g/mol. The molecule has 0 fully saturated rings. The molecule has 1 rings (SSSR count). The van der Waals surface area contributed by atoms with Crippen LogP contribution in [0.1, 0.15) is 44.6 Å². The van der Waals surface area contributed by atoms with Crippen LogP contribution in [0.2, 0.25) is 0 Å². The molecule has 0 spiro atoms. The number of carbonyl (C=O) groups is 2. The van der Waals surface area contributed by atoms with E-state index in [0.717, 1.165) is 12.0 Å². The van der Waals surface area contributed by atoms with Crippen LogP contribution in [0.3, 0.4) is 0 Å². The summed E-state index contributed by atoms with van der Waals surface area (Å²) in [5.41, 5.74) is 0.944. The van der Waals surface area contributed by atoms with Crippen molar-refractivity contribution in [3.05, 3.63) is 35.9 Å². The molecule has 1 aromatic carbocycles. The van der Waals surface area contributed by atoms with Crippen LogP contribution < -0.4 is 0 Å². The predicted octanol–water partition coefficient (Wildman–Crippen LogP) is 3.12. The molecule has 0 aliphatic carbocycles. The van der Waals surface area contributed by atoms with Gasteiger partial charge in [0.1, 0.15) is 0 Å². The van der Waals surface area contributed by atoms with E-state index in [2.05, 4.69) is 0 Å². The fourth-order valence-corrected chi connectivity index (χ4v) is 1.80. The third-order valence-corrected chi connectivity index (χ3v) is 2.68. The van der Waals surface area contributed by atoms with E-state index < -0.39 is 0 Å². The first-order valence-corrected chi connectivity index (χ1v) is 5.82. The van der Waals surface area contributed by atoms with E-state index in [9.17, 15) is 9.59 Å². The molecular weight excluding hydrogens is 200 g/mol. The Bertz CT molecular complexity index is 354. The molecule has 0 aliphatic rings. The summed E-state index contributed by atoms with van der Waals surface area (Å²) in [5, 5.41) is 0. The molecule has 0 saturated heterocycles. The number of hydrogen-bond acceptors (Lipinski definition) is 2. The zero-order valence-electron chi connectivity index (χ0n) is 9.90. The molecule has 0 amide bonds. The molecule has 86 valence electrons. The third kappa shape index (κ3) is 3.02. The van der Waals surface area contributed by atoms with Gasteiger partial charge in [-0.1, -0.05) is 44.2 Å². The Morgan fingerprint density at radius 3 is 2.25 bits per heavy atom. The maximum atomic E-state index is 11.9. The van der Waals surface area contributed by atoms with Crippen LogP contribution in [0.4, 0.5) is 0 Å². The maximum Gasteiger partial charge on any atom is 0.205 e. The normalized spacial score (nSPS) is 12.1. The van der Waals surface area contributed by atoms with Crippen LogP contribution >= 0.6 is 0 Å². The highest BCUT2D eigenvalue weighted by atomic mass is 16.2. The number of carbonyl (C=O) groups excluding carboxylic acids is 2. The van der Waals surface area contributed by atoms with Gasteiger partial charge in [-0.3, -0.25) is 9.59 Å². The molecule has 0 radical (unpaired) electrons. The summed E-state index contributed by atoms with van der Waals surface area (Å²) < 4.78 is 0. The van der Waals surface area contributed by atoms with Crippen LogP contribution in [0.15, 0.2) is 30.3 Å². The Balaban J connectivity index is 2.83. The van der Waals surface area contributed by atoms with E-state index in [1.807, 2.05) is 44.2 Å². The van der Waals surface area contributed by atoms with Crippen molar-refractivity contribution in [3.8, 4) is 0 Å². The Kier molecular flexibility index (Phi) is 4.90. The molecule has 0 N–H and O–H groups in total. The predicted molar refractivity (Wildman–Crippen MR) is 64.4 cm³/mol. The van der Waals surface area contributed by atoms with Gasteiger partial charge in [0.25, 0.3) is 0 Å². The number of rotatable bonds is 6. The van der Waals surface area contributed by atoms with E-state index in [4.69, 9.17) is 0 Å². The largest absolute Gasteiger partial charge is 0.291 e. The summed E-state index contributed by atoms with van der Waals surface area (Å²) in [6, 6.07) is 9.52. The number of ketones is 2. The Morgan fingerprint density at radius 1 is 1.12 bits per heavy atom. The number of benzene rings is 1. The van der Waals surface area contributed by atoms with Crippen LogP contribution in [-0.4, -0.2) is 11.6 Å². The first-order chi connectivity index (χ1) is 7.70. The first-order valence-electron chi connectivity index (χ1n) is 5.82. The van der Waals surface area contributed by atoms with Crippen LogP contribution in [-0.2, 0) is 9.59 Å². The molecule has 0 bridgehead atoms. The highest BCUT2D eigenvalue weighted by Gasteiger charge is 2.23. The van der Waals surface area contributed by atoms with Crippen molar-refractivity contribution in [3.63, 3.8) is 0 Å². The van der Waals surface area contributed by atoms with Gasteiger partial charge in [-0.25, -0.2) is 0 Å². The van der Waals surface area contributed by atoms with Crippen molar-refractivity contribution in [2.24, 2.45) is 0 Å². The third-order valence-electron chi connectivity index (χ3n) is 2.68. The van der Waals surface area contributed by atoms with Gasteiger partial charge in [0.05, 0.1) is 5.92 Å². The maximum absolute atomic E-state index is 11.9. The van der Waals surface area contributed by atoms with Gasteiger partial charge in [-0.15, -0.1) is 0 Å². The van der Waals surface area contributed by atoms with Crippen molar-refractivity contribution >= 4 is 11.6 Å². The fourth-order valence-electron chi connectivity index (χ4n) is 1.80. The standard InChI is InChI=1S/C14H18O2/c1-3-8-13(15)14(16)12(4-2)11-9-6-5-7-10-11/h5-7,9-10,12H,3-4,8H2,1-2H3. The fraction of sp³-hybridized carbons (Fsp3) is 0.429. The van der Waals surface area contributed by atoms with Gasteiger partial charge in [0.2, 0.25) is 5.78 Å². The Labute approximate surface area is 96.7 Å².